The van der Waals surface area contributed by atoms with Gasteiger partial charge in [0.2, 0.25) is 5.91 Å². The van der Waals surface area contributed by atoms with E-state index in [1.54, 1.807) is 6.92 Å². The zero-order chi connectivity index (χ0) is 11.2. The molecule has 0 spiro atoms. The second-order valence-electron chi connectivity index (χ2n) is 4.55. The molecule has 0 saturated carbocycles. The maximum Gasteiger partial charge on any atom is 0.225 e. The highest BCUT2D eigenvalue weighted by molar-refractivity contribution is 5.81. The van der Waals surface area contributed by atoms with E-state index in [0.717, 1.165) is 19.3 Å². The average Bonchev–Trinajstić information content (AvgIpc) is 2.10. The van der Waals surface area contributed by atoms with E-state index in [-0.39, 0.29) is 11.3 Å². The van der Waals surface area contributed by atoms with E-state index in [1.807, 2.05) is 13.8 Å². The third kappa shape index (κ3) is 5.22. The van der Waals surface area contributed by atoms with Crippen LogP contribution in [-0.2, 0) is 4.79 Å². The fourth-order valence-electron chi connectivity index (χ4n) is 1.21. The molecule has 0 radical (unpaired) electrons. The largest absolute Gasteiger partial charge is 0.392 e. The topological polar surface area (TPSA) is 49.3 Å². The number of rotatable bonds is 6. The van der Waals surface area contributed by atoms with Crippen LogP contribution in [0.3, 0.4) is 0 Å². The van der Waals surface area contributed by atoms with Crippen LogP contribution in [0.25, 0.3) is 0 Å². The number of aliphatic hydroxyl groups excluding tert-OH is 1. The first kappa shape index (κ1) is 13.4. The second-order valence-corrected chi connectivity index (χ2v) is 4.55. The van der Waals surface area contributed by atoms with Crippen molar-refractivity contribution in [3.63, 3.8) is 0 Å². The van der Waals surface area contributed by atoms with Gasteiger partial charge in [0.25, 0.3) is 0 Å². The van der Waals surface area contributed by atoms with Crippen molar-refractivity contribution in [3.8, 4) is 0 Å². The highest BCUT2D eigenvalue weighted by atomic mass is 16.3. The van der Waals surface area contributed by atoms with E-state index in [2.05, 4.69) is 12.2 Å². The minimum absolute atomic E-state index is 0.0341. The highest BCUT2D eigenvalue weighted by Gasteiger charge is 2.26. The summed E-state index contributed by atoms with van der Waals surface area (Å²) >= 11 is 0. The predicted molar refractivity (Wildman–Crippen MR) is 58.0 cm³/mol. The van der Waals surface area contributed by atoms with Gasteiger partial charge < -0.3 is 10.4 Å². The van der Waals surface area contributed by atoms with Crippen molar-refractivity contribution in [1.29, 1.82) is 0 Å². The van der Waals surface area contributed by atoms with Crippen LogP contribution in [-0.4, -0.2) is 23.7 Å². The predicted octanol–water partition coefficient (Wildman–Crippen LogP) is 1.70. The van der Waals surface area contributed by atoms with Gasteiger partial charge in [-0.25, -0.2) is 0 Å². The lowest BCUT2D eigenvalue weighted by Crippen LogP contribution is -2.40. The van der Waals surface area contributed by atoms with Crippen LogP contribution in [0.4, 0.5) is 0 Å². The van der Waals surface area contributed by atoms with E-state index in [1.165, 1.54) is 0 Å². The Balaban J connectivity index is 3.94. The monoisotopic (exact) mass is 201 g/mol. The van der Waals surface area contributed by atoms with Gasteiger partial charge in [-0.15, -0.1) is 0 Å². The molecular formula is C11H23NO2. The lowest BCUT2D eigenvalue weighted by molar-refractivity contribution is -0.130. The van der Waals surface area contributed by atoms with E-state index in [9.17, 15) is 4.79 Å². The third-order valence-electron chi connectivity index (χ3n) is 2.33. The number of carbonyl (C=O) groups is 1. The molecule has 0 saturated heterocycles. The fourth-order valence-corrected chi connectivity index (χ4v) is 1.21. The Morgan fingerprint density at radius 3 is 2.50 bits per heavy atom. The molecule has 84 valence electrons. The zero-order valence-corrected chi connectivity index (χ0v) is 9.76. The molecule has 1 atom stereocenters. The molecule has 3 heteroatoms. The maximum absolute atomic E-state index is 11.7. The zero-order valence-electron chi connectivity index (χ0n) is 9.76. The molecule has 0 heterocycles. The van der Waals surface area contributed by atoms with Gasteiger partial charge in [0.15, 0.2) is 0 Å². The second kappa shape index (κ2) is 6.02. The Kier molecular flexibility index (Phi) is 5.77. The summed E-state index contributed by atoms with van der Waals surface area (Å²) in [5, 5.41) is 11.8. The molecule has 0 aliphatic carbocycles. The van der Waals surface area contributed by atoms with Crippen molar-refractivity contribution in [3.05, 3.63) is 0 Å². The highest BCUT2D eigenvalue weighted by Crippen LogP contribution is 2.23. The van der Waals surface area contributed by atoms with Crippen LogP contribution in [0.2, 0.25) is 0 Å². The molecule has 0 aliphatic heterocycles. The molecule has 0 aromatic carbocycles. The quantitative estimate of drug-likeness (QED) is 0.687. The molecule has 1 unspecified atom stereocenters. The van der Waals surface area contributed by atoms with Crippen LogP contribution in [0.15, 0.2) is 0 Å². The number of unbranched alkanes of at least 4 members (excludes halogenated alkanes) is 1. The van der Waals surface area contributed by atoms with E-state index >= 15 is 0 Å². The first-order chi connectivity index (χ1) is 6.40. The smallest absolute Gasteiger partial charge is 0.225 e. The fraction of sp³-hybridized carbons (Fsp3) is 0.909. The summed E-state index contributed by atoms with van der Waals surface area (Å²) in [5.74, 6) is 0.0341. The Morgan fingerprint density at radius 2 is 2.07 bits per heavy atom. The van der Waals surface area contributed by atoms with Gasteiger partial charge in [-0.05, 0) is 13.3 Å². The number of carbonyl (C=O) groups excluding carboxylic acids is 1. The minimum atomic E-state index is -0.471. The summed E-state index contributed by atoms with van der Waals surface area (Å²) in [6, 6.07) is 0. The summed E-state index contributed by atoms with van der Waals surface area (Å²) in [5.41, 5.74) is -0.315. The number of nitrogens with one attached hydrogen (secondary N) is 1. The van der Waals surface area contributed by atoms with Gasteiger partial charge in [0.05, 0.1) is 6.10 Å². The molecular weight excluding hydrogens is 178 g/mol. The van der Waals surface area contributed by atoms with Gasteiger partial charge in [0, 0.05) is 12.0 Å². The van der Waals surface area contributed by atoms with Crippen molar-refractivity contribution in [2.75, 3.05) is 6.54 Å². The van der Waals surface area contributed by atoms with Gasteiger partial charge in [0.1, 0.15) is 0 Å². The van der Waals surface area contributed by atoms with Crippen LogP contribution < -0.4 is 5.32 Å². The SMILES string of the molecule is CCCCC(C)(C)C(=O)NCC(C)O. The van der Waals surface area contributed by atoms with Crippen molar-refractivity contribution in [2.45, 2.75) is 53.1 Å². The van der Waals surface area contributed by atoms with E-state index in [4.69, 9.17) is 5.11 Å². The Labute approximate surface area is 86.9 Å². The molecule has 14 heavy (non-hydrogen) atoms. The van der Waals surface area contributed by atoms with E-state index < -0.39 is 6.10 Å². The molecule has 0 aromatic rings. The van der Waals surface area contributed by atoms with Gasteiger partial charge in [-0.1, -0.05) is 33.6 Å². The molecule has 0 fully saturated rings. The molecule has 0 rings (SSSR count). The number of hydrogen-bond acceptors (Lipinski definition) is 2. The van der Waals surface area contributed by atoms with Crippen molar-refractivity contribution >= 4 is 5.91 Å². The summed E-state index contributed by atoms with van der Waals surface area (Å²) in [6.07, 6.45) is 2.60. The average molecular weight is 201 g/mol. The maximum atomic E-state index is 11.7. The summed E-state index contributed by atoms with van der Waals surface area (Å²) in [6.45, 7) is 8.01. The van der Waals surface area contributed by atoms with E-state index in [0.29, 0.717) is 6.54 Å². The van der Waals surface area contributed by atoms with Crippen LogP contribution in [0.1, 0.15) is 47.0 Å². The number of amides is 1. The standard InChI is InChI=1S/C11H23NO2/c1-5-6-7-11(3,4)10(14)12-8-9(2)13/h9,13H,5-8H2,1-4H3,(H,12,14). The van der Waals surface area contributed by atoms with Crippen LogP contribution in [0, 0.1) is 5.41 Å². The Hall–Kier alpha value is -0.570. The van der Waals surface area contributed by atoms with Crippen molar-refractivity contribution in [2.24, 2.45) is 5.41 Å². The van der Waals surface area contributed by atoms with Crippen LogP contribution >= 0.6 is 0 Å². The number of hydrogen-bond donors (Lipinski definition) is 2. The lowest BCUT2D eigenvalue weighted by atomic mass is 9.86. The Bertz CT molecular complexity index is 176. The van der Waals surface area contributed by atoms with Gasteiger partial charge in [-0.3, -0.25) is 4.79 Å². The summed E-state index contributed by atoms with van der Waals surface area (Å²) < 4.78 is 0. The molecule has 2 N–H and O–H groups in total. The van der Waals surface area contributed by atoms with Crippen LogP contribution in [0.5, 0.6) is 0 Å². The normalized spacial score (nSPS) is 13.8. The molecule has 0 aromatic heterocycles. The lowest BCUT2D eigenvalue weighted by Gasteiger charge is -2.23. The number of aliphatic hydroxyl groups is 1. The third-order valence-corrected chi connectivity index (χ3v) is 2.33. The van der Waals surface area contributed by atoms with Gasteiger partial charge >= 0.3 is 0 Å². The van der Waals surface area contributed by atoms with Crippen molar-refractivity contribution in [1.82, 2.24) is 5.32 Å². The summed E-state index contributed by atoms with van der Waals surface area (Å²) in [4.78, 5) is 11.7. The Morgan fingerprint density at radius 1 is 1.50 bits per heavy atom. The summed E-state index contributed by atoms with van der Waals surface area (Å²) in [7, 11) is 0. The molecule has 0 bridgehead atoms. The van der Waals surface area contributed by atoms with Gasteiger partial charge in [-0.2, -0.15) is 0 Å². The first-order valence-corrected chi connectivity index (χ1v) is 5.36. The van der Waals surface area contributed by atoms with Crippen molar-refractivity contribution < 1.29 is 9.90 Å². The molecule has 1 amide bonds. The first-order valence-electron chi connectivity index (χ1n) is 5.36. The molecule has 0 aliphatic rings. The minimum Gasteiger partial charge on any atom is -0.392 e. The molecule has 3 nitrogen and oxygen atoms in total.